The van der Waals surface area contributed by atoms with Gasteiger partial charge in [-0.25, -0.2) is 17.5 Å². The minimum atomic E-state index is -3.75. The molecule has 0 aliphatic rings. The molecule has 0 heterocycles. The van der Waals surface area contributed by atoms with E-state index in [4.69, 9.17) is 0 Å². The fourth-order valence-corrected chi connectivity index (χ4v) is 3.04. The maximum atomic E-state index is 13.6. The third-order valence-corrected chi connectivity index (χ3v) is 4.17. The Morgan fingerprint density at radius 2 is 2.07 bits per heavy atom. The minimum Gasteiger partial charge on any atom is -0.211 e. The molecule has 0 fully saturated rings. The van der Waals surface area contributed by atoms with E-state index < -0.39 is 15.8 Å². The highest BCUT2D eigenvalue weighted by Crippen LogP contribution is 2.25. The highest BCUT2D eigenvalue weighted by molar-refractivity contribution is 9.10. The van der Waals surface area contributed by atoms with Crippen molar-refractivity contribution < 1.29 is 12.8 Å². The molecular formula is C9H11BrFNO2S. The first-order chi connectivity index (χ1) is 6.90. The number of hydrogen-bond donors (Lipinski definition) is 1. The van der Waals surface area contributed by atoms with Crippen molar-refractivity contribution in [1.29, 1.82) is 0 Å². The van der Waals surface area contributed by atoms with E-state index in [0.29, 0.717) is 5.56 Å². The van der Waals surface area contributed by atoms with Crippen LogP contribution in [0.2, 0.25) is 0 Å². The van der Waals surface area contributed by atoms with Gasteiger partial charge < -0.3 is 0 Å². The van der Waals surface area contributed by atoms with E-state index in [-0.39, 0.29) is 15.9 Å². The van der Waals surface area contributed by atoms with Gasteiger partial charge >= 0.3 is 0 Å². The first-order valence-corrected chi connectivity index (χ1v) is 6.62. The van der Waals surface area contributed by atoms with Crippen LogP contribution in [0, 0.1) is 12.7 Å². The molecule has 1 aromatic carbocycles. The zero-order valence-corrected chi connectivity index (χ0v) is 10.7. The first-order valence-electron chi connectivity index (χ1n) is 4.34. The number of sulfonamides is 1. The number of aryl methyl sites for hydroxylation is 1. The predicted molar refractivity (Wildman–Crippen MR) is 59.7 cm³/mol. The van der Waals surface area contributed by atoms with Crippen LogP contribution in [0.3, 0.4) is 0 Å². The summed E-state index contributed by atoms with van der Waals surface area (Å²) in [4.78, 5) is -0.293. The van der Waals surface area contributed by atoms with Gasteiger partial charge in [-0.1, -0.05) is 13.0 Å². The largest absolute Gasteiger partial charge is 0.243 e. The summed E-state index contributed by atoms with van der Waals surface area (Å²) >= 11 is 2.96. The van der Waals surface area contributed by atoms with Crippen LogP contribution in [0.15, 0.2) is 21.5 Å². The van der Waals surface area contributed by atoms with Gasteiger partial charge in [-0.15, -0.1) is 0 Å². The second-order valence-corrected chi connectivity index (χ2v) is 5.57. The topological polar surface area (TPSA) is 46.2 Å². The number of hydrogen-bond acceptors (Lipinski definition) is 2. The molecule has 0 saturated heterocycles. The smallest absolute Gasteiger partial charge is 0.211 e. The Hall–Kier alpha value is -0.460. The van der Waals surface area contributed by atoms with Crippen LogP contribution >= 0.6 is 15.9 Å². The van der Waals surface area contributed by atoms with E-state index in [0.717, 1.165) is 0 Å². The lowest BCUT2D eigenvalue weighted by Crippen LogP contribution is -2.25. The van der Waals surface area contributed by atoms with E-state index in [1.54, 1.807) is 19.9 Å². The first kappa shape index (κ1) is 12.6. The zero-order valence-electron chi connectivity index (χ0n) is 8.34. The molecule has 0 radical (unpaired) electrons. The summed E-state index contributed by atoms with van der Waals surface area (Å²) in [5.41, 5.74) is 0.386. The van der Waals surface area contributed by atoms with E-state index in [9.17, 15) is 12.8 Å². The summed E-state index contributed by atoms with van der Waals surface area (Å²) in [5.74, 6) is -0.754. The van der Waals surface area contributed by atoms with Gasteiger partial charge in [0.2, 0.25) is 10.0 Å². The van der Waals surface area contributed by atoms with Crippen LogP contribution in [0.5, 0.6) is 0 Å². The summed E-state index contributed by atoms with van der Waals surface area (Å²) in [6.45, 7) is 3.43. The SMILES string of the molecule is CCNS(=O)(=O)c1c(C)ccc(Br)c1F. The summed E-state index contributed by atoms with van der Waals surface area (Å²) in [7, 11) is -3.75. The quantitative estimate of drug-likeness (QED) is 0.929. The molecule has 1 rings (SSSR count). The van der Waals surface area contributed by atoms with Crippen molar-refractivity contribution in [2.24, 2.45) is 0 Å². The van der Waals surface area contributed by atoms with Crippen LogP contribution in [-0.2, 0) is 10.0 Å². The van der Waals surface area contributed by atoms with Crippen molar-refractivity contribution in [2.75, 3.05) is 6.54 Å². The lowest BCUT2D eigenvalue weighted by atomic mass is 10.2. The minimum absolute atomic E-state index is 0.143. The lowest BCUT2D eigenvalue weighted by Gasteiger charge is -2.09. The molecular weight excluding hydrogens is 285 g/mol. The Labute approximate surface area is 96.9 Å². The predicted octanol–water partition coefficient (Wildman–Crippen LogP) is 2.19. The van der Waals surface area contributed by atoms with Gasteiger partial charge in [0.15, 0.2) is 5.82 Å². The summed E-state index contributed by atoms with van der Waals surface area (Å²) in [5, 5.41) is 0. The van der Waals surface area contributed by atoms with Gasteiger partial charge in [0.1, 0.15) is 4.90 Å². The fourth-order valence-electron chi connectivity index (χ4n) is 1.22. The van der Waals surface area contributed by atoms with Crippen molar-refractivity contribution in [3.63, 3.8) is 0 Å². The molecule has 0 unspecified atom stereocenters. The Kier molecular flexibility index (Phi) is 3.86. The maximum absolute atomic E-state index is 13.6. The van der Waals surface area contributed by atoms with E-state index in [2.05, 4.69) is 20.7 Å². The second kappa shape index (κ2) is 4.59. The molecule has 0 aromatic heterocycles. The molecule has 6 heteroatoms. The Morgan fingerprint density at radius 1 is 1.47 bits per heavy atom. The van der Waals surface area contributed by atoms with Gasteiger partial charge in [-0.3, -0.25) is 0 Å². The highest BCUT2D eigenvalue weighted by atomic mass is 79.9. The lowest BCUT2D eigenvalue weighted by molar-refractivity contribution is 0.553. The number of nitrogens with one attached hydrogen (secondary N) is 1. The van der Waals surface area contributed by atoms with Gasteiger partial charge in [0.05, 0.1) is 4.47 Å². The van der Waals surface area contributed by atoms with Crippen LogP contribution < -0.4 is 4.72 Å². The monoisotopic (exact) mass is 295 g/mol. The normalized spacial score (nSPS) is 11.7. The van der Waals surface area contributed by atoms with Crippen LogP contribution in [0.25, 0.3) is 0 Å². The maximum Gasteiger partial charge on any atom is 0.243 e. The third kappa shape index (κ3) is 2.56. The van der Waals surface area contributed by atoms with Crippen LogP contribution in [0.1, 0.15) is 12.5 Å². The van der Waals surface area contributed by atoms with E-state index >= 15 is 0 Å². The number of halogens is 2. The van der Waals surface area contributed by atoms with E-state index in [1.807, 2.05) is 0 Å². The molecule has 1 N–H and O–H groups in total. The second-order valence-electron chi connectivity index (χ2n) is 3.01. The molecule has 0 aliphatic heterocycles. The Bertz CT molecular complexity index is 473. The van der Waals surface area contributed by atoms with Crippen molar-refractivity contribution in [3.05, 3.63) is 28.0 Å². The molecule has 0 amide bonds. The average molecular weight is 296 g/mol. The van der Waals surface area contributed by atoms with Gasteiger partial charge in [0, 0.05) is 6.54 Å². The summed E-state index contributed by atoms with van der Waals surface area (Å²) < 4.78 is 39.3. The van der Waals surface area contributed by atoms with Crippen molar-refractivity contribution >= 4 is 26.0 Å². The molecule has 0 atom stereocenters. The summed E-state index contributed by atoms with van der Waals surface area (Å²) in [6.07, 6.45) is 0. The van der Waals surface area contributed by atoms with Crippen molar-refractivity contribution in [1.82, 2.24) is 4.72 Å². The standard InChI is InChI=1S/C9H11BrFNO2S/c1-3-12-15(13,14)9-6(2)4-5-7(10)8(9)11/h4-5,12H,3H2,1-2H3. The molecule has 0 saturated carbocycles. The Balaban J connectivity index is 3.43. The third-order valence-electron chi connectivity index (χ3n) is 1.85. The highest BCUT2D eigenvalue weighted by Gasteiger charge is 2.22. The molecule has 1 aromatic rings. The van der Waals surface area contributed by atoms with E-state index in [1.165, 1.54) is 6.07 Å². The zero-order chi connectivity index (χ0) is 11.6. The summed E-state index contributed by atoms with van der Waals surface area (Å²) in [6, 6.07) is 3.03. The molecule has 0 spiro atoms. The molecule has 15 heavy (non-hydrogen) atoms. The molecule has 0 aliphatic carbocycles. The molecule has 3 nitrogen and oxygen atoms in total. The van der Waals surface area contributed by atoms with Crippen LogP contribution in [0.4, 0.5) is 4.39 Å². The van der Waals surface area contributed by atoms with Gasteiger partial charge in [0.25, 0.3) is 0 Å². The van der Waals surface area contributed by atoms with Crippen LogP contribution in [-0.4, -0.2) is 15.0 Å². The molecule has 84 valence electrons. The van der Waals surface area contributed by atoms with Gasteiger partial charge in [-0.2, -0.15) is 0 Å². The average Bonchev–Trinajstić information content (AvgIpc) is 2.11. The van der Waals surface area contributed by atoms with Crippen molar-refractivity contribution in [2.45, 2.75) is 18.7 Å². The van der Waals surface area contributed by atoms with Gasteiger partial charge in [-0.05, 0) is 34.5 Å². The fraction of sp³-hybridized carbons (Fsp3) is 0.333. The Morgan fingerprint density at radius 3 is 2.60 bits per heavy atom. The number of rotatable bonds is 3. The molecule has 0 bridgehead atoms. The van der Waals surface area contributed by atoms with Crippen molar-refractivity contribution in [3.8, 4) is 0 Å². The number of benzene rings is 1.